The van der Waals surface area contributed by atoms with Crippen LogP contribution in [0.25, 0.3) is 0 Å². The monoisotopic (exact) mass is 256 g/mol. The van der Waals surface area contributed by atoms with Gasteiger partial charge < -0.3 is 15.5 Å². The average Bonchev–Trinajstić information content (AvgIpc) is 2.89. The maximum atomic E-state index is 11.0. The van der Waals surface area contributed by atoms with Crippen LogP contribution in [0.2, 0.25) is 0 Å². The van der Waals surface area contributed by atoms with E-state index in [9.17, 15) is 4.79 Å². The quantitative estimate of drug-likeness (QED) is 0.887. The molecule has 0 saturated carbocycles. The van der Waals surface area contributed by atoms with Gasteiger partial charge in [-0.1, -0.05) is 0 Å². The van der Waals surface area contributed by atoms with Crippen LogP contribution in [0.3, 0.4) is 0 Å². The normalized spacial score (nSPS) is 17.8. The molecule has 0 radical (unpaired) electrons. The number of carbonyl (C=O) groups is 1. The maximum absolute atomic E-state index is 11.0. The van der Waals surface area contributed by atoms with Crippen LogP contribution in [0, 0.1) is 0 Å². The van der Waals surface area contributed by atoms with E-state index < -0.39 is 5.91 Å². The molecule has 0 bridgehead atoms. The molecule has 1 aromatic carbocycles. The third kappa shape index (κ3) is 2.34. The number of carbonyl (C=O) groups excluding carboxylic acids is 1. The van der Waals surface area contributed by atoms with E-state index in [0.29, 0.717) is 5.56 Å². The molecule has 1 heterocycles. The predicted molar refractivity (Wildman–Crippen MR) is 73.0 cm³/mol. The first-order chi connectivity index (χ1) is 9.24. The molecule has 3 rings (SSSR count). The zero-order chi connectivity index (χ0) is 13.2. The van der Waals surface area contributed by atoms with Gasteiger partial charge in [0.1, 0.15) is 5.76 Å². The van der Waals surface area contributed by atoms with Crippen molar-refractivity contribution in [1.29, 1.82) is 0 Å². The second kappa shape index (κ2) is 4.80. The Kier molecular flexibility index (Phi) is 2.99. The highest BCUT2D eigenvalue weighted by molar-refractivity contribution is 5.93. The average molecular weight is 256 g/mol. The van der Waals surface area contributed by atoms with E-state index in [4.69, 9.17) is 10.2 Å². The minimum atomic E-state index is -0.402. The third-order valence-electron chi connectivity index (χ3n) is 3.56. The highest BCUT2D eigenvalue weighted by atomic mass is 16.3. The van der Waals surface area contributed by atoms with Gasteiger partial charge in [-0.3, -0.25) is 4.79 Å². The molecule has 4 nitrogen and oxygen atoms in total. The molecular formula is C15H16N2O2. The number of hydrogen-bond acceptors (Lipinski definition) is 3. The lowest BCUT2D eigenvalue weighted by Gasteiger charge is -2.23. The van der Waals surface area contributed by atoms with Gasteiger partial charge in [0.25, 0.3) is 0 Å². The first kappa shape index (κ1) is 11.8. The summed E-state index contributed by atoms with van der Waals surface area (Å²) in [4.78, 5) is 11.0. The van der Waals surface area contributed by atoms with E-state index >= 15 is 0 Å². The fourth-order valence-corrected chi connectivity index (χ4v) is 2.57. The van der Waals surface area contributed by atoms with Crippen molar-refractivity contribution in [3.63, 3.8) is 0 Å². The van der Waals surface area contributed by atoms with Gasteiger partial charge in [-0.25, -0.2) is 0 Å². The molecule has 1 unspecified atom stereocenters. The Morgan fingerprint density at radius 2 is 2.05 bits per heavy atom. The van der Waals surface area contributed by atoms with Crippen molar-refractivity contribution in [1.82, 2.24) is 0 Å². The summed E-state index contributed by atoms with van der Waals surface area (Å²) < 4.78 is 5.47. The van der Waals surface area contributed by atoms with Crippen LogP contribution in [0.15, 0.2) is 41.0 Å². The third-order valence-corrected chi connectivity index (χ3v) is 3.56. The molecular weight excluding hydrogens is 240 g/mol. The first-order valence-corrected chi connectivity index (χ1v) is 6.47. The number of benzene rings is 1. The minimum absolute atomic E-state index is 0.280. The molecule has 4 heteroatoms. The molecule has 19 heavy (non-hydrogen) atoms. The Hall–Kier alpha value is -2.23. The standard InChI is InChI=1S/C15H16N2O2/c16-15(18)10-4-6-11(7-5-10)17-13-2-1-3-14-12(13)8-9-19-14/h4-9,13,17H,1-3H2,(H2,16,18). The number of amides is 1. The lowest BCUT2D eigenvalue weighted by molar-refractivity contribution is 0.100. The van der Waals surface area contributed by atoms with E-state index in [1.807, 2.05) is 18.2 Å². The number of primary amides is 1. The number of furan rings is 1. The first-order valence-electron chi connectivity index (χ1n) is 6.47. The number of aryl methyl sites for hydroxylation is 1. The van der Waals surface area contributed by atoms with Crippen LogP contribution in [0.1, 0.15) is 40.6 Å². The predicted octanol–water partition coefficient (Wildman–Crippen LogP) is 2.87. The van der Waals surface area contributed by atoms with Crippen LogP contribution in [0.4, 0.5) is 5.69 Å². The van der Waals surface area contributed by atoms with Gasteiger partial charge in [-0.05, 0) is 43.2 Å². The number of anilines is 1. The summed E-state index contributed by atoms with van der Waals surface area (Å²) in [6.07, 6.45) is 4.98. The number of rotatable bonds is 3. The lowest BCUT2D eigenvalue weighted by atomic mass is 9.93. The van der Waals surface area contributed by atoms with Crippen LogP contribution >= 0.6 is 0 Å². The van der Waals surface area contributed by atoms with Crippen molar-refractivity contribution in [2.45, 2.75) is 25.3 Å². The zero-order valence-corrected chi connectivity index (χ0v) is 10.6. The SMILES string of the molecule is NC(=O)c1ccc(NC2CCCc3occc32)cc1. The van der Waals surface area contributed by atoms with Crippen molar-refractivity contribution >= 4 is 11.6 Å². The summed E-state index contributed by atoms with van der Waals surface area (Å²) in [6, 6.07) is 9.56. The van der Waals surface area contributed by atoms with Crippen LogP contribution in [0.5, 0.6) is 0 Å². The van der Waals surface area contributed by atoms with Gasteiger partial charge in [0, 0.05) is 23.2 Å². The minimum Gasteiger partial charge on any atom is -0.469 e. The summed E-state index contributed by atoms with van der Waals surface area (Å²) in [5.74, 6) is 0.679. The van der Waals surface area contributed by atoms with E-state index in [0.717, 1.165) is 30.7 Å². The molecule has 1 aromatic heterocycles. The molecule has 0 saturated heterocycles. The van der Waals surface area contributed by atoms with Crippen molar-refractivity contribution in [2.75, 3.05) is 5.32 Å². The summed E-state index contributed by atoms with van der Waals surface area (Å²) >= 11 is 0. The fourth-order valence-electron chi connectivity index (χ4n) is 2.57. The Morgan fingerprint density at radius 3 is 2.79 bits per heavy atom. The van der Waals surface area contributed by atoms with Crippen LogP contribution < -0.4 is 11.1 Å². The van der Waals surface area contributed by atoms with Crippen molar-refractivity contribution in [3.8, 4) is 0 Å². The molecule has 1 aliphatic carbocycles. The Labute approximate surface area is 111 Å². The number of nitrogens with two attached hydrogens (primary N) is 1. The molecule has 98 valence electrons. The highest BCUT2D eigenvalue weighted by Gasteiger charge is 2.22. The molecule has 2 aromatic rings. The van der Waals surface area contributed by atoms with E-state index in [1.54, 1.807) is 18.4 Å². The van der Waals surface area contributed by atoms with Crippen molar-refractivity contribution in [3.05, 3.63) is 53.5 Å². The zero-order valence-electron chi connectivity index (χ0n) is 10.6. The fraction of sp³-hybridized carbons (Fsp3) is 0.267. The largest absolute Gasteiger partial charge is 0.469 e. The van der Waals surface area contributed by atoms with Gasteiger partial charge >= 0.3 is 0 Å². The van der Waals surface area contributed by atoms with Gasteiger partial charge in [0.15, 0.2) is 0 Å². The second-order valence-electron chi connectivity index (χ2n) is 4.83. The summed E-state index contributed by atoms with van der Waals surface area (Å²) in [7, 11) is 0. The molecule has 1 aliphatic rings. The van der Waals surface area contributed by atoms with E-state index in [-0.39, 0.29) is 6.04 Å². The lowest BCUT2D eigenvalue weighted by Crippen LogP contribution is -2.16. The molecule has 0 fully saturated rings. The molecule has 0 spiro atoms. The Balaban J connectivity index is 1.78. The summed E-state index contributed by atoms with van der Waals surface area (Å²) in [6.45, 7) is 0. The molecule has 1 amide bonds. The topological polar surface area (TPSA) is 68.3 Å². The van der Waals surface area contributed by atoms with E-state index in [1.165, 1.54) is 5.56 Å². The molecule has 3 N–H and O–H groups in total. The Morgan fingerprint density at radius 1 is 1.26 bits per heavy atom. The summed E-state index contributed by atoms with van der Waals surface area (Å²) in [5, 5.41) is 3.48. The molecule has 0 aliphatic heterocycles. The van der Waals surface area contributed by atoms with Gasteiger partial charge in [0.2, 0.25) is 5.91 Å². The van der Waals surface area contributed by atoms with Crippen LogP contribution in [-0.4, -0.2) is 5.91 Å². The molecule has 1 atom stereocenters. The number of nitrogens with one attached hydrogen (secondary N) is 1. The van der Waals surface area contributed by atoms with Crippen molar-refractivity contribution in [2.24, 2.45) is 5.73 Å². The van der Waals surface area contributed by atoms with Crippen LogP contribution in [-0.2, 0) is 6.42 Å². The Bertz CT molecular complexity index is 586. The number of hydrogen-bond donors (Lipinski definition) is 2. The summed E-state index contributed by atoms with van der Waals surface area (Å²) in [5.41, 5.74) is 7.98. The van der Waals surface area contributed by atoms with Gasteiger partial charge in [0.05, 0.1) is 12.3 Å². The second-order valence-corrected chi connectivity index (χ2v) is 4.83. The smallest absolute Gasteiger partial charge is 0.248 e. The number of fused-ring (bicyclic) bond motifs is 1. The van der Waals surface area contributed by atoms with Gasteiger partial charge in [-0.15, -0.1) is 0 Å². The van der Waals surface area contributed by atoms with E-state index in [2.05, 4.69) is 5.32 Å². The van der Waals surface area contributed by atoms with Crippen molar-refractivity contribution < 1.29 is 9.21 Å². The van der Waals surface area contributed by atoms with Gasteiger partial charge in [-0.2, -0.15) is 0 Å². The highest BCUT2D eigenvalue weighted by Crippen LogP contribution is 2.33. The maximum Gasteiger partial charge on any atom is 0.248 e.